The highest BCUT2D eigenvalue weighted by molar-refractivity contribution is 6.30. The molecule has 21 heavy (non-hydrogen) atoms. The normalized spacial score (nSPS) is 11.3. The number of benzene rings is 2. The van der Waals surface area contributed by atoms with Gasteiger partial charge in [-0.15, -0.1) is 0 Å². The molecule has 0 radical (unpaired) electrons. The molecule has 0 bridgehead atoms. The third-order valence-corrected chi connectivity index (χ3v) is 3.76. The molecule has 2 aromatic carbocycles. The number of hydrogen-bond donors (Lipinski definition) is 1. The lowest BCUT2D eigenvalue weighted by Crippen LogP contribution is -2.29. The Hall–Kier alpha value is -1.58. The maximum Gasteiger partial charge on any atom is 0.141 e. The van der Waals surface area contributed by atoms with Gasteiger partial charge in [-0.2, -0.15) is 0 Å². The summed E-state index contributed by atoms with van der Waals surface area (Å²) in [5.41, 5.74) is 8.68. The highest BCUT2D eigenvalue weighted by atomic mass is 35.5. The number of nitrogen functional groups attached to an aromatic ring is 1. The minimum atomic E-state index is -0.380. The zero-order chi connectivity index (χ0) is 15.4. The molecule has 2 nitrogen and oxygen atoms in total. The first-order valence-corrected chi connectivity index (χ1v) is 7.36. The van der Waals surface area contributed by atoms with Gasteiger partial charge in [-0.3, -0.25) is 4.90 Å². The van der Waals surface area contributed by atoms with Crippen LogP contribution in [0.3, 0.4) is 0 Å². The van der Waals surface area contributed by atoms with E-state index in [0.29, 0.717) is 6.04 Å². The predicted octanol–water partition coefficient (Wildman–Crippen LogP) is 4.47. The molecule has 0 fully saturated rings. The van der Waals surface area contributed by atoms with Crippen molar-refractivity contribution in [1.82, 2.24) is 4.90 Å². The van der Waals surface area contributed by atoms with E-state index in [4.69, 9.17) is 17.3 Å². The molecule has 4 heteroatoms. The van der Waals surface area contributed by atoms with Crippen LogP contribution in [0.5, 0.6) is 0 Å². The molecule has 0 aliphatic heterocycles. The summed E-state index contributed by atoms with van der Waals surface area (Å²) in [7, 11) is 0. The van der Waals surface area contributed by atoms with Crippen LogP contribution in [-0.4, -0.2) is 10.9 Å². The Morgan fingerprint density at radius 2 is 1.62 bits per heavy atom. The van der Waals surface area contributed by atoms with E-state index in [9.17, 15) is 4.39 Å². The maximum absolute atomic E-state index is 13.2. The Bertz CT molecular complexity index is 596. The number of hydrogen-bond acceptors (Lipinski definition) is 2. The molecule has 0 heterocycles. The topological polar surface area (TPSA) is 29.3 Å². The minimum Gasteiger partial charge on any atom is -0.399 e. The van der Waals surface area contributed by atoms with Crippen LogP contribution in [-0.2, 0) is 13.1 Å². The van der Waals surface area contributed by atoms with Gasteiger partial charge in [-0.25, -0.2) is 4.39 Å². The summed E-state index contributed by atoms with van der Waals surface area (Å²) in [4.78, 5) is 2.30. The molecular formula is C17H20ClFN2. The lowest BCUT2D eigenvalue weighted by molar-refractivity contribution is 0.203. The Labute approximate surface area is 130 Å². The van der Waals surface area contributed by atoms with Gasteiger partial charge in [-0.1, -0.05) is 29.8 Å². The van der Waals surface area contributed by atoms with Crippen molar-refractivity contribution < 1.29 is 4.39 Å². The van der Waals surface area contributed by atoms with Crippen LogP contribution in [0.4, 0.5) is 10.1 Å². The van der Waals surface area contributed by atoms with Crippen molar-refractivity contribution in [1.29, 1.82) is 0 Å². The average molecular weight is 307 g/mol. The zero-order valence-corrected chi connectivity index (χ0v) is 13.1. The lowest BCUT2D eigenvalue weighted by atomic mass is 10.1. The summed E-state index contributed by atoms with van der Waals surface area (Å²) in [6, 6.07) is 13.1. The molecule has 0 saturated heterocycles. The van der Waals surface area contributed by atoms with E-state index >= 15 is 0 Å². The number of anilines is 1. The first-order valence-electron chi connectivity index (χ1n) is 6.98. The monoisotopic (exact) mass is 306 g/mol. The van der Waals surface area contributed by atoms with Crippen LogP contribution in [0.15, 0.2) is 42.5 Å². The van der Waals surface area contributed by atoms with Gasteiger partial charge < -0.3 is 5.73 Å². The van der Waals surface area contributed by atoms with Crippen LogP contribution in [0.1, 0.15) is 25.0 Å². The Morgan fingerprint density at radius 1 is 1.05 bits per heavy atom. The van der Waals surface area contributed by atoms with Gasteiger partial charge in [0.15, 0.2) is 0 Å². The van der Waals surface area contributed by atoms with Gasteiger partial charge in [0.05, 0.1) is 5.02 Å². The second-order valence-electron chi connectivity index (χ2n) is 5.49. The average Bonchev–Trinajstić information content (AvgIpc) is 2.44. The van der Waals surface area contributed by atoms with Crippen LogP contribution < -0.4 is 5.73 Å². The van der Waals surface area contributed by atoms with E-state index in [2.05, 4.69) is 18.7 Å². The molecule has 0 aliphatic rings. The second kappa shape index (κ2) is 6.92. The van der Waals surface area contributed by atoms with Crippen molar-refractivity contribution in [3.8, 4) is 0 Å². The second-order valence-corrected chi connectivity index (χ2v) is 5.90. The van der Waals surface area contributed by atoms with Crippen LogP contribution >= 0.6 is 11.6 Å². The Balaban J connectivity index is 2.11. The number of rotatable bonds is 5. The molecule has 2 aromatic rings. The highest BCUT2D eigenvalue weighted by Crippen LogP contribution is 2.19. The van der Waals surface area contributed by atoms with Gasteiger partial charge in [0.2, 0.25) is 0 Å². The standard InChI is InChI=1S/C17H20ClFN2/c1-12(2)21(10-13-3-6-15(20)7-4-13)11-14-5-8-17(19)16(18)9-14/h3-9,12H,10-11,20H2,1-2H3. The molecule has 0 atom stereocenters. The van der Waals surface area contributed by atoms with E-state index in [0.717, 1.165) is 24.3 Å². The molecule has 0 aliphatic carbocycles. The number of nitrogens with two attached hydrogens (primary N) is 1. The fourth-order valence-electron chi connectivity index (χ4n) is 2.15. The Morgan fingerprint density at radius 3 is 2.19 bits per heavy atom. The minimum absolute atomic E-state index is 0.170. The lowest BCUT2D eigenvalue weighted by Gasteiger charge is -2.26. The van der Waals surface area contributed by atoms with Gasteiger partial charge in [0.1, 0.15) is 5.82 Å². The molecule has 2 N–H and O–H groups in total. The van der Waals surface area contributed by atoms with Crippen molar-refractivity contribution in [2.24, 2.45) is 0 Å². The van der Waals surface area contributed by atoms with E-state index < -0.39 is 0 Å². The molecule has 0 amide bonds. The van der Waals surface area contributed by atoms with Crippen molar-refractivity contribution in [3.05, 3.63) is 64.4 Å². The van der Waals surface area contributed by atoms with Crippen molar-refractivity contribution >= 4 is 17.3 Å². The zero-order valence-electron chi connectivity index (χ0n) is 12.3. The first kappa shape index (κ1) is 15.8. The van der Waals surface area contributed by atoms with E-state index in [1.54, 1.807) is 12.1 Å². The summed E-state index contributed by atoms with van der Waals surface area (Å²) < 4.78 is 13.2. The quantitative estimate of drug-likeness (QED) is 0.826. The molecule has 112 valence electrons. The van der Waals surface area contributed by atoms with E-state index in [-0.39, 0.29) is 10.8 Å². The summed E-state index contributed by atoms with van der Waals surface area (Å²) in [6.45, 7) is 5.82. The molecule has 2 rings (SSSR count). The molecule has 0 aromatic heterocycles. The molecule has 0 unspecified atom stereocenters. The third-order valence-electron chi connectivity index (χ3n) is 3.47. The fraction of sp³-hybridized carbons (Fsp3) is 0.294. The van der Waals surface area contributed by atoms with Gasteiger partial charge in [0.25, 0.3) is 0 Å². The number of halogens is 2. The summed E-state index contributed by atoms with van der Waals surface area (Å²) in [6.07, 6.45) is 0. The number of nitrogens with zero attached hydrogens (tertiary/aromatic N) is 1. The molecular weight excluding hydrogens is 287 g/mol. The SMILES string of the molecule is CC(C)N(Cc1ccc(N)cc1)Cc1ccc(F)c(Cl)c1. The van der Waals surface area contributed by atoms with E-state index in [1.165, 1.54) is 11.6 Å². The maximum atomic E-state index is 13.2. The van der Waals surface area contributed by atoms with Gasteiger partial charge in [0, 0.05) is 24.8 Å². The summed E-state index contributed by atoms with van der Waals surface area (Å²) in [5, 5.41) is 0.170. The third kappa shape index (κ3) is 4.45. The fourth-order valence-corrected chi connectivity index (χ4v) is 2.35. The van der Waals surface area contributed by atoms with Crippen molar-refractivity contribution in [3.63, 3.8) is 0 Å². The van der Waals surface area contributed by atoms with Gasteiger partial charge in [-0.05, 0) is 49.2 Å². The van der Waals surface area contributed by atoms with Crippen LogP contribution in [0.2, 0.25) is 5.02 Å². The van der Waals surface area contributed by atoms with Gasteiger partial charge >= 0.3 is 0 Å². The van der Waals surface area contributed by atoms with Crippen LogP contribution in [0.25, 0.3) is 0 Å². The predicted molar refractivity (Wildman–Crippen MR) is 86.6 cm³/mol. The Kier molecular flexibility index (Phi) is 5.21. The van der Waals surface area contributed by atoms with E-state index in [1.807, 2.05) is 24.3 Å². The van der Waals surface area contributed by atoms with Crippen molar-refractivity contribution in [2.45, 2.75) is 33.0 Å². The largest absolute Gasteiger partial charge is 0.399 e. The molecule has 0 spiro atoms. The van der Waals surface area contributed by atoms with Crippen LogP contribution in [0, 0.1) is 5.82 Å². The highest BCUT2D eigenvalue weighted by Gasteiger charge is 2.12. The smallest absolute Gasteiger partial charge is 0.141 e. The molecule has 0 saturated carbocycles. The summed E-state index contributed by atoms with van der Waals surface area (Å²) in [5.74, 6) is -0.380. The first-order chi connectivity index (χ1) is 9.95. The summed E-state index contributed by atoms with van der Waals surface area (Å²) >= 11 is 5.85. The van der Waals surface area contributed by atoms with Crippen molar-refractivity contribution in [2.75, 3.05) is 5.73 Å².